The van der Waals surface area contributed by atoms with Gasteiger partial charge in [0, 0.05) is 37.1 Å². The zero-order chi connectivity index (χ0) is 20.8. The lowest BCUT2D eigenvalue weighted by Gasteiger charge is -2.34. The smallest absolute Gasteiger partial charge is 0.251 e. The minimum atomic E-state index is -0.677. The predicted molar refractivity (Wildman–Crippen MR) is 112 cm³/mol. The molecule has 152 valence electrons. The number of rotatable bonds is 6. The molecule has 30 heavy (non-hydrogen) atoms. The first kappa shape index (κ1) is 19.6. The van der Waals surface area contributed by atoms with Gasteiger partial charge in [0.25, 0.3) is 5.91 Å². The lowest BCUT2D eigenvalue weighted by Crippen LogP contribution is -2.43. The van der Waals surface area contributed by atoms with Crippen LogP contribution in [-0.2, 0) is 9.59 Å². The van der Waals surface area contributed by atoms with Gasteiger partial charge in [0.2, 0.25) is 11.8 Å². The highest BCUT2D eigenvalue weighted by molar-refractivity contribution is 5.98. The third-order valence-corrected chi connectivity index (χ3v) is 4.90. The van der Waals surface area contributed by atoms with Crippen molar-refractivity contribution >= 4 is 17.5 Å². The average Bonchev–Trinajstić information content (AvgIpc) is 2.77. The Morgan fingerprint density at radius 3 is 2.70 bits per heavy atom. The molecule has 2 heterocycles. The Kier molecular flexibility index (Phi) is 5.98. The molecule has 0 saturated carbocycles. The van der Waals surface area contributed by atoms with E-state index in [1.807, 2.05) is 30.3 Å². The van der Waals surface area contributed by atoms with E-state index >= 15 is 0 Å². The number of nitrogens with zero attached hydrogens (tertiary/aromatic N) is 3. The third kappa shape index (κ3) is 4.63. The highest BCUT2D eigenvalue weighted by atomic mass is 16.5. The Morgan fingerprint density at radius 2 is 1.93 bits per heavy atom. The number of anilines is 1. The zero-order valence-electron chi connectivity index (χ0n) is 16.4. The average molecular weight is 402 g/mol. The lowest BCUT2D eigenvalue weighted by atomic mass is 10.0. The summed E-state index contributed by atoms with van der Waals surface area (Å²) in [6.07, 6.45) is 6.84. The van der Waals surface area contributed by atoms with Crippen molar-refractivity contribution in [1.29, 1.82) is 0 Å². The highest BCUT2D eigenvalue weighted by Gasteiger charge is 2.32. The van der Waals surface area contributed by atoms with E-state index in [1.54, 1.807) is 41.6 Å². The number of hydrogen-bond acceptors (Lipinski definition) is 5. The number of piperidine rings is 1. The van der Waals surface area contributed by atoms with Gasteiger partial charge >= 0.3 is 0 Å². The van der Waals surface area contributed by atoms with Crippen LogP contribution in [0.15, 0.2) is 73.2 Å². The fourth-order valence-electron chi connectivity index (χ4n) is 3.51. The molecule has 1 unspecified atom stereocenters. The van der Waals surface area contributed by atoms with Crippen molar-refractivity contribution in [3.63, 3.8) is 0 Å². The van der Waals surface area contributed by atoms with Crippen LogP contribution in [0.25, 0.3) is 0 Å². The molecule has 0 bridgehead atoms. The van der Waals surface area contributed by atoms with E-state index in [4.69, 9.17) is 4.74 Å². The molecule has 1 aliphatic rings. The predicted octanol–water partition coefficient (Wildman–Crippen LogP) is 3.96. The number of amides is 2. The summed E-state index contributed by atoms with van der Waals surface area (Å²) in [6.45, 7) is 0.571. The largest absolute Gasteiger partial charge is 0.437 e. The van der Waals surface area contributed by atoms with Crippen molar-refractivity contribution in [3.8, 4) is 11.6 Å². The summed E-state index contributed by atoms with van der Waals surface area (Å²) >= 11 is 0. The summed E-state index contributed by atoms with van der Waals surface area (Å²) in [4.78, 5) is 35.5. The van der Waals surface area contributed by atoms with E-state index in [2.05, 4.69) is 15.3 Å². The molecule has 1 aliphatic heterocycles. The van der Waals surface area contributed by atoms with Gasteiger partial charge in [-0.15, -0.1) is 0 Å². The quantitative estimate of drug-likeness (QED) is 0.675. The molecule has 0 spiro atoms. The second-order valence-electron chi connectivity index (χ2n) is 7.02. The fraction of sp³-hybridized carbons (Fsp3) is 0.217. The minimum Gasteiger partial charge on any atom is -0.437 e. The van der Waals surface area contributed by atoms with Gasteiger partial charge in [-0.2, -0.15) is 0 Å². The van der Waals surface area contributed by atoms with Gasteiger partial charge in [0.05, 0.1) is 6.20 Å². The monoisotopic (exact) mass is 402 g/mol. The summed E-state index contributed by atoms with van der Waals surface area (Å²) in [5.74, 6) is 0.638. The van der Waals surface area contributed by atoms with Gasteiger partial charge in [0.1, 0.15) is 11.8 Å². The maximum absolute atomic E-state index is 13.3. The number of likely N-dealkylation sites (tertiary alicyclic amines) is 1. The summed E-state index contributed by atoms with van der Waals surface area (Å²) in [5.41, 5.74) is 1.36. The van der Waals surface area contributed by atoms with Gasteiger partial charge in [-0.25, -0.2) is 4.98 Å². The molecule has 1 fully saturated rings. The van der Waals surface area contributed by atoms with Gasteiger partial charge in [-0.05, 0) is 30.5 Å². The Balaban J connectivity index is 1.55. The Hall–Kier alpha value is -3.74. The van der Waals surface area contributed by atoms with Crippen molar-refractivity contribution < 1.29 is 14.3 Å². The Morgan fingerprint density at radius 1 is 1.07 bits per heavy atom. The number of carbonyl (C=O) groups excluding carboxylic acids is 2. The molecule has 0 radical (unpaired) electrons. The van der Waals surface area contributed by atoms with Crippen LogP contribution in [0.1, 0.15) is 30.9 Å². The summed E-state index contributed by atoms with van der Waals surface area (Å²) in [6, 6.07) is 15.8. The van der Waals surface area contributed by atoms with Crippen molar-refractivity contribution in [1.82, 2.24) is 14.9 Å². The number of aromatic nitrogens is 2. The van der Waals surface area contributed by atoms with Crippen LogP contribution in [-0.4, -0.2) is 33.2 Å². The highest BCUT2D eigenvalue weighted by Crippen LogP contribution is 2.28. The molecule has 2 amide bonds. The maximum atomic E-state index is 13.3. The van der Waals surface area contributed by atoms with Crippen LogP contribution in [0.4, 0.5) is 5.69 Å². The van der Waals surface area contributed by atoms with Crippen LogP contribution in [0.5, 0.6) is 11.6 Å². The minimum absolute atomic E-state index is 0.00462. The van der Waals surface area contributed by atoms with Crippen molar-refractivity contribution in [2.75, 3.05) is 11.9 Å². The molecule has 4 rings (SSSR count). The molecule has 1 saturated heterocycles. The summed E-state index contributed by atoms with van der Waals surface area (Å²) in [7, 11) is 0. The molecule has 2 aromatic carbocycles. The second-order valence-corrected chi connectivity index (χ2v) is 7.02. The van der Waals surface area contributed by atoms with Crippen molar-refractivity contribution in [2.24, 2.45) is 0 Å². The van der Waals surface area contributed by atoms with E-state index in [-0.39, 0.29) is 11.8 Å². The Labute approximate surface area is 174 Å². The first-order valence-corrected chi connectivity index (χ1v) is 9.90. The van der Waals surface area contributed by atoms with Crippen molar-refractivity contribution in [3.05, 3.63) is 78.8 Å². The number of carbonyl (C=O) groups is 2. The zero-order valence-corrected chi connectivity index (χ0v) is 16.4. The number of benzene rings is 2. The third-order valence-electron chi connectivity index (χ3n) is 4.90. The normalized spacial score (nSPS) is 14.8. The van der Waals surface area contributed by atoms with Crippen LogP contribution < -0.4 is 10.1 Å². The van der Waals surface area contributed by atoms with Crippen LogP contribution in [0, 0.1) is 0 Å². The first-order chi connectivity index (χ1) is 14.7. The number of hydrogen-bond donors (Lipinski definition) is 1. The van der Waals surface area contributed by atoms with Crippen LogP contribution >= 0.6 is 0 Å². The Bertz CT molecular complexity index is 1010. The molecule has 1 atom stereocenters. The van der Waals surface area contributed by atoms with E-state index in [0.29, 0.717) is 30.3 Å². The standard InChI is InChI=1S/C23H22N4O3/c28-21-11-4-5-14-27(21)22(17-7-2-1-3-8-17)23(29)26-18-9-6-10-19(15-18)30-20-16-24-12-13-25-20/h1-3,6-10,12-13,15-16,22H,4-5,11,14H2,(H,26,29). The maximum Gasteiger partial charge on any atom is 0.251 e. The molecule has 0 aliphatic carbocycles. The molecule has 1 N–H and O–H groups in total. The second kappa shape index (κ2) is 9.17. The summed E-state index contributed by atoms with van der Waals surface area (Å²) < 4.78 is 5.69. The first-order valence-electron chi connectivity index (χ1n) is 9.90. The van der Waals surface area contributed by atoms with E-state index in [1.165, 1.54) is 6.20 Å². The SMILES string of the molecule is O=C(Nc1cccc(Oc2cnccn2)c1)C(c1ccccc1)N1CCCCC1=O. The van der Waals surface area contributed by atoms with Crippen molar-refractivity contribution in [2.45, 2.75) is 25.3 Å². The topological polar surface area (TPSA) is 84.4 Å². The molecule has 7 nitrogen and oxygen atoms in total. The number of ether oxygens (including phenoxy) is 1. The molecular formula is C23H22N4O3. The molecule has 3 aromatic rings. The lowest BCUT2D eigenvalue weighted by molar-refractivity contribution is -0.141. The molecular weight excluding hydrogens is 380 g/mol. The van der Waals surface area contributed by atoms with Gasteiger partial charge in [0.15, 0.2) is 0 Å². The van der Waals surface area contributed by atoms with Gasteiger partial charge in [-0.1, -0.05) is 36.4 Å². The van der Waals surface area contributed by atoms with E-state index in [9.17, 15) is 9.59 Å². The van der Waals surface area contributed by atoms with Gasteiger partial charge in [-0.3, -0.25) is 14.6 Å². The fourth-order valence-corrected chi connectivity index (χ4v) is 3.51. The molecule has 7 heteroatoms. The van der Waals surface area contributed by atoms with Crippen LogP contribution in [0.3, 0.4) is 0 Å². The van der Waals surface area contributed by atoms with E-state index in [0.717, 1.165) is 18.4 Å². The van der Waals surface area contributed by atoms with E-state index < -0.39 is 6.04 Å². The molecule has 1 aromatic heterocycles. The summed E-state index contributed by atoms with van der Waals surface area (Å²) in [5, 5.41) is 2.94. The van der Waals surface area contributed by atoms with Gasteiger partial charge < -0.3 is 15.0 Å². The van der Waals surface area contributed by atoms with Crippen LogP contribution in [0.2, 0.25) is 0 Å². The number of nitrogens with one attached hydrogen (secondary N) is 1.